The van der Waals surface area contributed by atoms with E-state index >= 15 is 0 Å². The van der Waals surface area contributed by atoms with Gasteiger partial charge >= 0.3 is 6.18 Å². The molecule has 0 aliphatic carbocycles. The topological polar surface area (TPSA) is 83.6 Å². The molecular weight excluding hydrogens is 385 g/mol. The van der Waals surface area contributed by atoms with Gasteiger partial charge in [0.15, 0.2) is 9.84 Å². The molecule has 1 atom stereocenters. The lowest BCUT2D eigenvalue weighted by molar-refractivity contribution is -0.137. The number of halogens is 3. The van der Waals surface area contributed by atoms with Gasteiger partial charge in [-0.1, -0.05) is 12.1 Å². The van der Waals surface area contributed by atoms with Crippen LogP contribution in [0.2, 0.25) is 0 Å². The van der Waals surface area contributed by atoms with E-state index in [9.17, 15) is 31.2 Å². The number of nitrogens with zero attached hydrogens (tertiary/aromatic N) is 1. The molecular formula is C17H19F3N2O4S. The highest BCUT2D eigenvalue weighted by atomic mass is 32.2. The first-order valence-electron chi connectivity index (χ1n) is 8.07. The first-order chi connectivity index (χ1) is 12.5. The molecule has 2 rings (SSSR count). The minimum Gasteiger partial charge on any atom is -0.343 e. The van der Waals surface area contributed by atoms with Crippen LogP contribution < -0.4 is 5.32 Å². The zero-order chi connectivity index (χ0) is 20.2. The third-order valence-electron chi connectivity index (χ3n) is 4.23. The lowest BCUT2D eigenvalue weighted by Gasteiger charge is -2.23. The highest BCUT2D eigenvalue weighted by molar-refractivity contribution is 7.91. The summed E-state index contributed by atoms with van der Waals surface area (Å²) in [5.41, 5.74) is -0.385. The standard InChI is InChI=1S/C17H19F3N2O4S/c1-22(14-8-9-27(25,26)11-14)16(24)10-21-15(23)7-4-12-2-5-13(6-3-12)17(18,19)20/h2-7,14H,8-11H2,1H3,(H,21,23)/b7-4+. The van der Waals surface area contributed by atoms with Crippen LogP contribution in [-0.2, 0) is 25.6 Å². The Morgan fingerprint density at radius 1 is 1.26 bits per heavy atom. The second-order valence-corrected chi connectivity index (χ2v) is 8.46. The van der Waals surface area contributed by atoms with Crippen LogP contribution in [0.3, 0.4) is 0 Å². The number of nitrogens with one attached hydrogen (secondary N) is 1. The summed E-state index contributed by atoms with van der Waals surface area (Å²) in [4.78, 5) is 25.1. The van der Waals surface area contributed by atoms with Crippen LogP contribution >= 0.6 is 0 Å². The Morgan fingerprint density at radius 2 is 1.89 bits per heavy atom. The molecule has 10 heteroatoms. The lowest BCUT2D eigenvalue weighted by atomic mass is 10.1. The minimum absolute atomic E-state index is 0.0392. The van der Waals surface area contributed by atoms with E-state index in [1.807, 2.05) is 0 Å². The Morgan fingerprint density at radius 3 is 2.41 bits per heavy atom. The smallest absolute Gasteiger partial charge is 0.343 e. The van der Waals surface area contributed by atoms with E-state index in [-0.39, 0.29) is 18.1 Å². The molecule has 1 aromatic rings. The summed E-state index contributed by atoms with van der Waals surface area (Å²) < 4.78 is 60.3. The molecule has 1 N–H and O–H groups in total. The fraction of sp³-hybridized carbons (Fsp3) is 0.412. The number of benzene rings is 1. The van der Waals surface area contributed by atoms with Crippen LogP contribution in [0.5, 0.6) is 0 Å². The molecule has 148 valence electrons. The zero-order valence-corrected chi connectivity index (χ0v) is 15.3. The van der Waals surface area contributed by atoms with Gasteiger partial charge in [-0.05, 0) is 30.2 Å². The Hall–Kier alpha value is -2.36. The quantitative estimate of drug-likeness (QED) is 0.754. The SMILES string of the molecule is CN(C(=O)CNC(=O)/C=C/c1ccc(C(F)(F)F)cc1)C1CCS(=O)(=O)C1. The number of hydrogen-bond acceptors (Lipinski definition) is 4. The van der Waals surface area contributed by atoms with Gasteiger partial charge in [-0.25, -0.2) is 8.42 Å². The second-order valence-electron chi connectivity index (χ2n) is 6.23. The average Bonchev–Trinajstić information content (AvgIpc) is 2.96. The maximum absolute atomic E-state index is 12.5. The van der Waals surface area contributed by atoms with Crippen molar-refractivity contribution in [3.8, 4) is 0 Å². The van der Waals surface area contributed by atoms with Crippen LogP contribution in [0.4, 0.5) is 13.2 Å². The summed E-state index contributed by atoms with van der Waals surface area (Å²) in [6.45, 7) is -0.302. The van der Waals surface area contributed by atoms with E-state index in [0.29, 0.717) is 12.0 Å². The van der Waals surface area contributed by atoms with E-state index < -0.39 is 39.4 Å². The Labute approximate surface area is 155 Å². The third-order valence-corrected chi connectivity index (χ3v) is 5.98. The average molecular weight is 404 g/mol. The summed E-state index contributed by atoms with van der Waals surface area (Å²) in [7, 11) is -1.64. The van der Waals surface area contributed by atoms with E-state index in [0.717, 1.165) is 18.2 Å². The highest BCUT2D eigenvalue weighted by Gasteiger charge is 2.32. The molecule has 0 saturated carbocycles. The largest absolute Gasteiger partial charge is 0.416 e. The van der Waals surface area contributed by atoms with E-state index in [2.05, 4.69) is 5.32 Å². The van der Waals surface area contributed by atoms with Gasteiger partial charge in [-0.15, -0.1) is 0 Å². The molecule has 0 bridgehead atoms. The van der Waals surface area contributed by atoms with Crippen molar-refractivity contribution in [2.24, 2.45) is 0 Å². The Bertz CT molecular complexity index is 833. The molecule has 6 nitrogen and oxygen atoms in total. The van der Waals surface area contributed by atoms with Crippen LogP contribution in [0.1, 0.15) is 17.5 Å². The maximum atomic E-state index is 12.5. The first kappa shape index (κ1) is 20.9. The predicted molar refractivity (Wildman–Crippen MR) is 93.3 cm³/mol. The summed E-state index contributed by atoms with van der Waals surface area (Å²) in [6, 6.07) is 3.87. The number of alkyl halides is 3. The zero-order valence-electron chi connectivity index (χ0n) is 14.5. The number of amides is 2. The van der Waals surface area contributed by atoms with Crippen molar-refractivity contribution in [3.05, 3.63) is 41.5 Å². The van der Waals surface area contributed by atoms with Crippen molar-refractivity contribution in [3.63, 3.8) is 0 Å². The molecule has 0 radical (unpaired) electrons. The molecule has 1 unspecified atom stereocenters. The summed E-state index contributed by atoms with van der Waals surface area (Å²) >= 11 is 0. The number of likely N-dealkylation sites (N-methyl/N-ethyl adjacent to an activating group) is 1. The van der Waals surface area contributed by atoms with Gasteiger partial charge in [-0.3, -0.25) is 9.59 Å². The fourth-order valence-corrected chi connectivity index (χ4v) is 4.36. The van der Waals surface area contributed by atoms with Crippen LogP contribution in [0.15, 0.2) is 30.3 Å². The van der Waals surface area contributed by atoms with Crippen molar-refractivity contribution in [2.45, 2.75) is 18.6 Å². The molecule has 2 amide bonds. The Kier molecular flexibility index (Phi) is 6.30. The van der Waals surface area contributed by atoms with Gasteiger partial charge in [0.1, 0.15) is 0 Å². The van der Waals surface area contributed by atoms with Gasteiger partial charge in [0, 0.05) is 19.2 Å². The van der Waals surface area contributed by atoms with Crippen molar-refractivity contribution < 1.29 is 31.2 Å². The second kappa shape index (κ2) is 8.12. The van der Waals surface area contributed by atoms with Gasteiger partial charge in [0.05, 0.1) is 23.6 Å². The summed E-state index contributed by atoms with van der Waals surface area (Å²) in [5.74, 6) is -1.06. The number of sulfone groups is 1. The van der Waals surface area contributed by atoms with Gasteiger partial charge in [-0.2, -0.15) is 13.2 Å². The number of rotatable bonds is 5. The predicted octanol–water partition coefficient (Wildman–Crippen LogP) is 1.48. The molecule has 1 fully saturated rings. The van der Waals surface area contributed by atoms with E-state index in [1.54, 1.807) is 0 Å². The highest BCUT2D eigenvalue weighted by Crippen LogP contribution is 2.29. The van der Waals surface area contributed by atoms with Gasteiger partial charge < -0.3 is 10.2 Å². The molecule has 1 aliphatic heterocycles. The first-order valence-corrected chi connectivity index (χ1v) is 9.89. The van der Waals surface area contributed by atoms with Crippen LogP contribution in [-0.4, -0.2) is 56.3 Å². The summed E-state index contributed by atoms with van der Waals surface area (Å²) in [6.07, 6.45) is -1.62. The van der Waals surface area contributed by atoms with E-state index in [4.69, 9.17) is 0 Å². The minimum atomic E-state index is -4.43. The molecule has 1 saturated heterocycles. The normalized spacial score (nSPS) is 19.2. The maximum Gasteiger partial charge on any atom is 0.416 e. The monoisotopic (exact) mass is 404 g/mol. The lowest BCUT2D eigenvalue weighted by Crippen LogP contribution is -2.43. The van der Waals surface area contributed by atoms with Crippen molar-refractivity contribution >= 4 is 27.7 Å². The molecule has 0 spiro atoms. The fourth-order valence-electron chi connectivity index (χ4n) is 2.59. The van der Waals surface area contributed by atoms with Crippen LogP contribution in [0.25, 0.3) is 6.08 Å². The molecule has 1 aliphatic rings. The number of carbonyl (C=O) groups is 2. The summed E-state index contributed by atoms with van der Waals surface area (Å²) in [5, 5.41) is 2.37. The van der Waals surface area contributed by atoms with Gasteiger partial charge in [0.2, 0.25) is 11.8 Å². The molecule has 27 heavy (non-hydrogen) atoms. The number of carbonyl (C=O) groups excluding carboxylic acids is 2. The van der Waals surface area contributed by atoms with Crippen LogP contribution in [0, 0.1) is 0 Å². The van der Waals surface area contributed by atoms with Crippen molar-refractivity contribution in [1.82, 2.24) is 10.2 Å². The van der Waals surface area contributed by atoms with Gasteiger partial charge in [0.25, 0.3) is 0 Å². The van der Waals surface area contributed by atoms with Crippen molar-refractivity contribution in [2.75, 3.05) is 25.1 Å². The number of hydrogen-bond donors (Lipinski definition) is 1. The van der Waals surface area contributed by atoms with E-state index in [1.165, 1.54) is 30.2 Å². The third kappa shape index (κ3) is 6.09. The Balaban J connectivity index is 1.83. The van der Waals surface area contributed by atoms with Crippen molar-refractivity contribution in [1.29, 1.82) is 0 Å². The molecule has 1 aromatic carbocycles. The molecule has 0 aromatic heterocycles. The molecule has 1 heterocycles.